The summed E-state index contributed by atoms with van der Waals surface area (Å²) in [5, 5.41) is 37.5. The van der Waals surface area contributed by atoms with Gasteiger partial charge in [-0.1, -0.05) is 72.3 Å². The lowest BCUT2D eigenvalue weighted by atomic mass is 9.73. The molecule has 8 rings (SSSR count). The lowest BCUT2D eigenvalue weighted by molar-refractivity contribution is -0.497. The highest BCUT2D eigenvalue weighted by Crippen LogP contribution is 2.46. The number of nitrogens with zero attached hydrogens (tertiary/aromatic N) is 4. The van der Waals surface area contributed by atoms with Crippen molar-refractivity contribution in [2.45, 2.75) is 89.8 Å². The number of carbonyl (C=O) groups excluding carboxylic acids is 4. The van der Waals surface area contributed by atoms with E-state index in [2.05, 4.69) is 10.2 Å². The molecule has 5 aromatic rings. The molecule has 1 saturated carbocycles. The molecule has 2 heterocycles. The minimum Gasteiger partial charge on any atom is -0.496 e. The normalized spacial score (nSPS) is 17.0. The van der Waals surface area contributed by atoms with Gasteiger partial charge in [-0.25, -0.2) is 28.0 Å². The van der Waals surface area contributed by atoms with E-state index in [1.165, 1.54) is 23.1 Å². The minimum absolute atomic E-state index is 0.000155. The Kier molecular flexibility index (Phi) is 19.3. The third kappa shape index (κ3) is 14.9. The zero-order valence-electron chi connectivity index (χ0n) is 42.5. The Hall–Kier alpha value is -7.25. The van der Waals surface area contributed by atoms with Gasteiger partial charge in [0.15, 0.2) is 11.6 Å². The molecule has 20 nitrogen and oxygen atoms in total. The quantitative estimate of drug-likeness (QED) is 0.0135. The summed E-state index contributed by atoms with van der Waals surface area (Å²) in [4.78, 5) is 70.0. The number of methoxy groups -OCH3 is 1. The van der Waals surface area contributed by atoms with Crippen LogP contribution in [0.25, 0.3) is 5.57 Å². The predicted octanol–water partition coefficient (Wildman–Crippen LogP) is 9.30. The van der Waals surface area contributed by atoms with E-state index in [1.54, 1.807) is 37.4 Å². The first-order valence-corrected chi connectivity index (χ1v) is 25.4. The van der Waals surface area contributed by atoms with Crippen molar-refractivity contribution in [2.75, 3.05) is 26.9 Å². The van der Waals surface area contributed by atoms with Gasteiger partial charge in [0.2, 0.25) is 5.91 Å². The number of fused-ring (bicyclic) bond motifs is 2. The van der Waals surface area contributed by atoms with Gasteiger partial charge in [-0.2, -0.15) is 0 Å². The van der Waals surface area contributed by atoms with Crippen LogP contribution in [0.5, 0.6) is 23.0 Å². The Bertz CT molecular complexity index is 2980. The number of ether oxygens (including phenoxy) is 5. The van der Waals surface area contributed by atoms with Gasteiger partial charge in [-0.3, -0.25) is 35.3 Å². The smallest absolute Gasteiger partial charge is 0.496 e. The molecular formula is C55H58ClF2N5O15. The highest BCUT2D eigenvalue weighted by atomic mass is 35.5. The fourth-order valence-corrected chi connectivity index (χ4v) is 9.91. The van der Waals surface area contributed by atoms with Gasteiger partial charge in [0, 0.05) is 30.1 Å². The summed E-state index contributed by atoms with van der Waals surface area (Å²) in [6, 6.07) is 25.7. The van der Waals surface area contributed by atoms with Gasteiger partial charge in [0.1, 0.15) is 34.7 Å². The second kappa shape index (κ2) is 26.4. The molecule has 2 fully saturated rings. The summed E-state index contributed by atoms with van der Waals surface area (Å²) in [6.07, 6.45) is 0.870. The molecule has 1 saturated heterocycles. The predicted molar refractivity (Wildman–Crippen MR) is 271 cm³/mol. The van der Waals surface area contributed by atoms with Crippen LogP contribution < -0.4 is 24.3 Å². The number of hydrogen-bond donors (Lipinski definition) is 5. The van der Waals surface area contributed by atoms with Crippen LogP contribution in [0.4, 0.5) is 18.4 Å². The highest BCUT2D eigenvalue weighted by molar-refractivity contribution is 6.32. The van der Waals surface area contributed by atoms with E-state index in [1.807, 2.05) is 54.3 Å². The summed E-state index contributed by atoms with van der Waals surface area (Å²) in [7, 11) is 1.58. The number of aryl methyl sites for hydroxylation is 2. The number of amides is 3. The lowest BCUT2D eigenvalue weighted by Gasteiger charge is -2.49. The lowest BCUT2D eigenvalue weighted by Crippen LogP contribution is -2.59. The molecule has 2 aliphatic heterocycles. The number of benzene rings is 5. The number of nitrogens with one attached hydrogen (secondary N) is 1. The van der Waals surface area contributed by atoms with Gasteiger partial charge >= 0.3 is 12.2 Å². The summed E-state index contributed by atoms with van der Waals surface area (Å²) in [6.45, 7) is 1.31. The molecule has 78 heavy (non-hydrogen) atoms. The van der Waals surface area contributed by atoms with Crippen LogP contribution in [-0.4, -0.2) is 110 Å². The van der Waals surface area contributed by atoms with Gasteiger partial charge in [-0.05, 0) is 133 Å². The fourth-order valence-electron chi connectivity index (χ4n) is 9.70. The van der Waals surface area contributed by atoms with Gasteiger partial charge < -0.3 is 33.9 Å². The van der Waals surface area contributed by atoms with Crippen molar-refractivity contribution in [1.82, 2.24) is 25.9 Å². The average Bonchev–Trinajstić information content (AvgIpc) is 4.28. The third-order valence-corrected chi connectivity index (χ3v) is 13.8. The molecule has 0 radical (unpaired) electrons. The van der Waals surface area contributed by atoms with Gasteiger partial charge in [-0.15, -0.1) is 0 Å². The molecule has 3 unspecified atom stereocenters. The Morgan fingerprint density at radius 1 is 0.769 bits per heavy atom. The number of rotatable bonds is 23. The number of piperidine rings is 1. The number of carbonyl (C=O) groups is 4. The van der Waals surface area contributed by atoms with Crippen molar-refractivity contribution in [2.24, 2.45) is 5.92 Å². The molecule has 2 bridgehead atoms. The number of hydrogen-bond acceptors (Lipinski definition) is 17. The Balaban J connectivity index is 1.06. The molecule has 1 aliphatic carbocycles. The highest BCUT2D eigenvalue weighted by Gasteiger charge is 2.50. The van der Waals surface area contributed by atoms with E-state index in [9.17, 15) is 23.2 Å². The fraction of sp³-hybridized carbons (Fsp3) is 0.345. The van der Waals surface area contributed by atoms with E-state index in [0.717, 1.165) is 47.2 Å². The maximum Gasteiger partial charge on any atom is 0.513 e. The summed E-state index contributed by atoms with van der Waals surface area (Å²) < 4.78 is 56.0. The topological polar surface area (TPSA) is 239 Å². The molecule has 5 aromatic carbocycles. The van der Waals surface area contributed by atoms with Crippen LogP contribution in [0.2, 0.25) is 5.02 Å². The van der Waals surface area contributed by atoms with Crippen LogP contribution in [0.3, 0.4) is 0 Å². The van der Waals surface area contributed by atoms with Crippen LogP contribution in [-0.2, 0) is 50.2 Å². The molecule has 23 heteroatoms. The van der Waals surface area contributed by atoms with E-state index in [0.29, 0.717) is 40.9 Å². The van der Waals surface area contributed by atoms with Crippen LogP contribution >= 0.6 is 11.6 Å². The van der Waals surface area contributed by atoms with E-state index in [4.69, 9.17) is 61.0 Å². The van der Waals surface area contributed by atoms with Crippen LogP contribution in [0, 0.1) is 24.5 Å². The Labute approximate surface area is 452 Å². The average molecular weight is 1100 g/mol. The third-order valence-electron chi connectivity index (χ3n) is 13.4. The molecule has 3 atom stereocenters. The van der Waals surface area contributed by atoms with E-state index in [-0.39, 0.29) is 88.0 Å². The standard InChI is InChI=1S/C55H58ClF2N5O15/c1-33-24-35(13-20-48(33)72-2)30-60(40-16-17-40)53(65)49-44(38-14-11-34(12-15-38)8-5-22-73-51-46(58)19-18-45(57)50(51)56)29-41-27-39(28-47(49)61(41)54(66)77-42-9-3-6-36(25-42)31-75-62(68)69)52(64)59-21-23-74-55(67)78-43-10-4-7-37(26-43)32-76-63(70)71/h3-4,6-7,9-15,18-20,24-26,39-41,47,68-71H,5,8,16-17,21-23,27-32H2,1-2H3,(H,59,64). The van der Waals surface area contributed by atoms with Gasteiger partial charge in [0.25, 0.3) is 5.91 Å². The second-order valence-electron chi connectivity index (χ2n) is 18.8. The maximum atomic E-state index is 15.7. The van der Waals surface area contributed by atoms with Gasteiger partial charge in [0.05, 0.1) is 50.3 Å². The monoisotopic (exact) mass is 1100 g/mol. The molecular weight excluding hydrogens is 1040 g/mol. The first kappa shape index (κ1) is 56.9. The zero-order chi connectivity index (χ0) is 55.5. The van der Waals surface area contributed by atoms with Crippen molar-refractivity contribution in [3.63, 3.8) is 0 Å². The zero-order valence-corrected chi connectivity index (χ0v) is 43.3. The molecule has 3 aliphatic rings. The first-order valence-electron chi connectivity index (χ1n) is 25.0. The Morgan fingerprint density at radius 3 is 2.06 bits per heavy atom. The SMILES string of the molecule is COc1ccc(CN(C(=O)C2=C(c3ccc(CCCOc4c(F)ccc(F)c4Cl)cc3)CC3CC(C(=O)NCCOC(=O)Oc4cccc(CON(O)O)c4)CC2N3C(=O)Oc2cccc(CON(O)O)c2)C2CC2)cc1C. The minimum atomic E-state index is -1.06. The van der Waals surface area contributed by atoms with Crippen molar-refractivity contribution in [3.8, 4) is 23.0 Å². The first-order chi connectivity index (χ1) is 37.5. The second-order valence-corrected chi connectivity index (χ2v) is 19.2. The maximum absolute atomic E-state index is 15.7. The molecule has 414 valence electrons. The number of halogens is 3. The molecule has 3 amide bonds. The van der Waals surface area contributed by atoms with E-state index >= 15 is 4.79 Å². The van der Waals surface area contributed by atoms with E-state index < -0.39 is 63.6 Å². The summed E-state index contributed by atoms with van der Waals surface area (Å²) >= 11 is 5.96. The molecule has 0 spiro atoms. The van der Waals surface area contributed by atoms with Crippen molar-refractivity contribution >= 4 is 41.2 Å². The summed E-state index contributed by atoms with van der Waals surface area (Å²) in [5.74, 6) is -2.51. The van der Waals surface area contributed by atoms with Crippen LogP contribution in [0.1, 0.15) is 71.9 Å². The Morgan fingerprint density at radius 2 is 1.42 bits per heavy atom. The summed E-state index contributed by atoms with van der Waals surface area (Å²) in [5.41, 5.74) is 5.23. The van der Waals surface area contributed by atoms with Crippen molar-refractivity contribution in [1.29, 1.82) is 0 Å². The van der Waals surface area contributed by atoms with Crippen molar-refractivity contribution in [3.05, 3.63) is 159 Å². The van der Waals surface area contributed by atoms with Crippen molar-refractivity contribution < 1.29 is 82.1 Å². The molecule has 5 N–H and O–H groups in total. The largest absolute Gasteiger partial charge is 0.513 e. The molecule has 0 aromatic heterocycles. The van der Waals surface area contributed by atoms with Crippen LogP contribution in [0.15, 0.2) is 109 Å².